The Kier molecular flexibility index (Phi) is 5.62. The van der Waals surface area contributed by atoms with Gasteiger partial charge in [-0.25, -0.2) is 0 Å². The standard InChI is InChI=1S/C18H24N2O4/c1-11(9-17(21)22)19-18(23)14-5-6-16-15(10-14)12(2)13(3)20(16)7-8-24-4/h5-6,10-11H,7-9H2,1-4H3,(H,19,23)(H,21,22). The van der Waals surface area contributed by atoms with E-state index in [4.69, 9.17) is 9.84 Å². The summed E-state index contributed by atoms with van der Waals surface area (Å²) in [6.07, 6.45) is -0.0977. The molecule has 0 saturated carbocycles. The van der Waals surface area contributed by atoms with Gasteiger partial charge < -0.3 is 19.7 Å². The lowest BCUT2D eigenvalue weighted by Crippen LogP contribution is -2.34. The number of nitrogens with one attached hydrogen (secondary N) is 1. The molecule has 2 N–H and O–H groups in total. The minimum Gasteiger partial charge on any atom is -0.481 e. The third-order valence-electron chi connectivity index (χ3n) is 4.28. The summed E-state index contributed by atoms with van der Waals surface area (Å²) >= 11 is 0. The first kappa shape index (κ1) is 18.0. The molecule has 2 rings (SSSR count). The molecule has 1 atom stereocenters. The van der Waals surface area contributed by atoms with E-state index in [1.165, 1.54) is 0 Å². The number of carbonyl (C=O) groups is 2. The molecule has 0 fully saturated rings. The van der Waals surface area contributed by atoms with Crippen LogP contribution in [0.15, 0.2) is 18.2 Å². The van der Waals surface area contributed by atoms with Gasteiger partial charge in [0, 0.05) is 41.9 Å². The molecule has 0 saturated heterocycles. The lowest BCUT2D eigenvalue weighted by atomic mass is 10.1. The second-order valence-electron chi connectivity index (χ2n) is 6.06. The van der Waals surface area contributed by atoms with E-state index < -0.39 is 12.0 Å². The molecule has 0 spiro atoms. The molecule has 0 aliphatic rings. The normalized spacial score (nSPS) is 12.3. The molecular formula is C18H24N2O4. The molecule has 130 valence electrons. The molecule has 24 heavy (non-hydrogen) atoms. The van der Waals surface area contributed by atoms with Gasteiger partial charge in [0.2, 0.25) is 0 Å². The fourth-order valence-electron chi connectivity index (χ4n) is 2.88. The number of rotatable bonds is 7. The van der Waals surface area contributed by atoms with Crippen LogP contribution in [0.3, 0.4) is 0 Å². The van der Waals surface area contributed by atoms with Crippen LogP contribution in [0.1, 0.15) is 35.0 Å². The zero-order valence-corrected chi connectivity index (χ0v) is 14.5. The molecule has 0 bridgehead atoms. The summed E-state index contributed by atoms with van der Waals surface area (Å²) < 4.78 is 7.35. The van der Waals surface area contributed by atoms with Gasteiger partial charge in [0.05, 0.1) is 13.0 Å². The van der Waals surface area contributed by atoms with E-state index in [0.29, 0.717) is 12.2 Å². The Morgan fingerprint density at radius 3 is 2.67 bits per heavy atom. The average Bonchev–Trinajstić information content (AvgIpc) is 2.75. The minimum atomic E-state index is -0.931. The molecule has 1 amide bonds. The first-order valence-electron chi connectivity index (χ1n) is 7.96. The highest BCUT2D eigenvalue weighted by Gasteiger charge is 2.16. The Bertz CT molecular complexity index is 764. The van der Waals surface area contributed by atoms with E-state index in [-0.39, 0.29) is 12.3 Å². The van der Waals surface area contributed by atoms with Crippen LogP contribution < -0.4 is 5.32 Å². The fourth-order valence-corrected chi connectivity index (χ4v) is 2.88. The van der Waals surface area contributed by atoms with Gasteiger partial charge in [0.15, 0.2) is 0 Å². The quantitative estimate of drug-likeness (QED) is 0.816. The summed E-state index contributed by atoms with van der Waals surface area (Å²) in [5.41, 5.74) is 3.89. The molecule has 0 radical (unpaired) electrons. The minimum absolute atomic E-state index is 0.0977. The van der Waals surface area contributed by atoms with Gasteiger partial charge in [-0.3, -0.25) is 9.59 Å². The van der Waals surface area contributed by atoms with Gasteiger partial charge >= 0.3 is 5.97 Å². The summed E-state index contributed by atoms with van der Waals surface area (Å²) in [6, 6.07) is 5.15. The maximum Gasteiger partial charge on any atom is 0.305 e. The maximum absolute atomic E-state index is 12.3. The number of fused-ring (bicyclic) bond motifs is 1. The molecule has 6 nitrogen and oxygen atoms in total. The number of hydrogen-bond acceptors (Lipinski definition) is 3. The fraction of sp³-hybridized carbons (Fsp3) is 0.444. The first-order valence-corrected chi connectivity index (χ1v) is 7.96. The third-order valence-corrected chi connectivity index (χ3v) is 4.28. The Hall–Kier alpha value is -2.34. The van der Waals surface area contributed by atoms with Crippen LogP contribution in [0.5, 0.6) is 0 Å². The molecule has 2 aromatic rings. The second-order valence-corrected chi connectivity index (χ2v) is 6.06. The molecule has 1 unspecified atom stereocenters. The van der Waals surface area contributed by atoms with Crippen LogP contribution in [-0.4, -0.2) is 41.3 Å². The van der Waals surface area contributed by atoms with Gasteiger partial charge in [-0.15, -0.1) is 0 Å². The van der Waals surface area contributed by atoms with Crippen molar-refractivity contribution in [3.05, 3.63) is 35.0 Å². The van der Waals surface area contributed by atoms with Gasteiger partial charge in [-0.05, 0) is 44.5 Å². The van der Waals surface area contributed by atoms with E-state index in [1.54, 1.807) is 20.1 Å². The lowest BCUT2D eigenvalue weighted by molar-refractivity contribution is -0.137. The Balaban J connectivity index is 2.29. The highest BCUT2D eigenvalue weighted by atomic mass is 16.5. The van der Waals surface area contributed by atoms with Crippen molar-refractivity contribution in [2.24, 2.45) is 0 Å². The Morgan fingerprint density at radius 2 is 2.04 bits per heavy atom. The number of ether oxygens (including phenoxy) is 1. The summed E-state index contributed by atoms with van der Waals surface area (Å²) in [5, 5.41) is 12.5. The molecule has 1 aromatic heterocycles. The van der Waals surface area contributed by atoms with Crippen LogP contribution in [0.25, 0.3) is 10.9 Å². The summed E-state index contributed by atoms with van der Waals surface area (Å²) in [6.45, 7) is 7.16. The summed E-state index contributed by atoms with van der Waals surface area (Å²) in [7, 11) is 1.68. The van der Waals surface area contributed by atoms with E-state index >= 15 is 0 Å². The van der Waals surface area contributed by atoms with Gasteiger partial charge in [-0.1, -0.05) is 0 Å². The van der Waals surface area contributed by atoms with E-state index in [2.05, 4.69) is 16.8 Å². The number of carboxylic acids is 1. The molecule has 0 aliphatic heterocycles. The zero-order valence-electron chi connectivity index (χ0n) is 14.5. The summed E-state index contributed by atoms with van der Waals surface area (Å²) in [4.78, 5) is 23.0. The molecule has 1 aromatic carbocycles. The highest BCUT2D eigenvalue weighted by molar-refractivity contribution is 5.99. The number of benzene rings is 1. The first-order chi connectivity index (χ1) is 11.3. The molecule has 0 aliphatic carbocycles. The van der Waals surface area contributed by atoms with Crippen LogP contribution >= 0.6 is 0 Å². The third kappa shape index (κ3) is 3.76. The lowest BCUT2D eigenvalue weighted by Gasteiger charge is -2.12. The van der Waals surface area contributed by atoms with Crippen molar-refractivity contribution in [1.29, 1.82) is 0 Å². The van der Waals surface area contributed by atoms with Gasteiger partial charge in [-0.2, -0.15) is 0 Å². The molecule has 6 heteroatoms. The van der Waals surface area contributed by atoms with Crippen LogP contribution in [0.4, 0.5) is 0 Å². The van der Waals surface area contributed by atoms with Crippen molar-refractivity contribution in [1.82, 2.24) is 9.88 Å². The van der Waals surface area contributed by atoms with Crippen molar-refractivity contribution in [2.75, 3.05) is 13.7 Å². The monoisotopic (exact) mass is 332 g/mol. The smallest absolute Gasteiger partial charge is 0.305 e. The average molecular weight is 332 g/mol. The topological polar surface area (TPSA) is 80.6 Å². The van der Waals surface area contributed by atoms with Crippen LogP contribution in [-0.2, 0) is 16.1 Å². The number of aliphatic carboxylic acids is 1. The van der Waals surface area contributed by atoms with E-state index in [1.807, 2.05) is 19.1 Å². The van der Waals surface area contributed by atoms with Crippen LogP contribution in [0.2, 0.25) is 0 Å². The van der Waals surface area contributed by atoms with Gasteiger partial charge in [0.25, 0.3) is 5.91 Å². The molecular weight excluding hydrogens is 308 g/mol. The Labute approximate surface area is 141 Å². The number of carbonyl (C=O) groups excluding carboxylic acids is 1. The Morgan fingerprint density at radius 1 is 1.33 bits per heavy atom. The highest BCUT2D eigenvalue weighted by Crippen LogP contribution is 2.26. The predicted molar refractivity (Wildman–Crippen MR) is 92.5 cm³/mol. The molecule has 1 heterocycles. The van der Waals surface area contributed by atoms with Gasteiger partial charge in [0.1, 0.15) is 0 Å². The number of aromatic nitrogens is 1. The number of nitrogens with zero attached hydrogens (tertiary/aromatic N) is 1. The van der Waals surface area contributed by atoms with Crippen molar-refractivity contribution in [3.63, 3.8) is 0 Å². The largest absolute Gasteiger partial charge is 0.481 e. The van der Waals surface area contributed by atoms with Crippen LogP contribution in [0, 0.1) is 13.8 Å². The number of carboxylic acid groups (broad SMARTS) is 1. The number of hydrogen-bond donors (Lipinski definition) is 2. The predicted octanol–water partition coefficient (Wildman–Crippen LogP) is 2.50. The summed E-state index contributed by atoms with van der Waals surface area (Å²) in [5.74, 6) is -1.19. The van der Waals surface area contributed by atoms with E-state index in [9.17, 15) is 9.59 Å². The SMILES string of the molecule is COCCn1c(C)c(C)c2cc(C(=O)NC(C)CC(=O)O)ccc21. The number of methoxy groups -OCH3 is 1. The van der Waals surface area contributed by atoms with Crippen molar-refractivity contribution < 1.29 is 19.4 Å². The second kappa shape index (κ2) is 7.49. The maximum atomic E-state index is 12.3. The van der Waals surface area contributed by atoms with E-state index in [0.717, 1.165) is 28.7 Å². The van der Waals surface area contributed by atoms with Crippen molar-refractivity contribution >= 4 is 22.8 Å². The number of aryl methyl sites for hydroxylation is 1. The number of amides is 1. The zero-order chi connectivity index (χ0) is 17.9. The van der Waals surface area contributed by atoms with Crippen molar-refractivity contribution in [2.45, 2.75) is 39.8 Å². The van der Waals surface area contributed by atoms with Crippen molar-refractivity contribution in [3.8, 4) is 0 Å².